The van der Waals surface area contributed by atoms with Crippen molar-refractivity contribution in [3.8, 4) is 0 Å². The Labute approximate surface area is 169 Å². The van der Waals surface area contributed by atoms with E-state index in [0.717, 1.165) is 69.0 Å². The molecule has 0 bridgehead atoms. The van der Waals surface area contributed by atoms with Crippen LogP contribution in [0.15, 0.2) is 22.8 Å². The van der Waals surface area contributed by atoms with Gasteiger partial charge in [-0.1, -0.05) is 0 Å². The molecule has 1 saturated heterocycles. The summed E-state index contributed by atoms with van der Waals surface area (Å²) < 4.78 is 7.41. The molecule has 0 aromatic carbocycles. The van der Waals surface area contributed by atoms with Gasteiger partial charge in [0.05, 0.1) is 25.5 Å². The van der Waals surface area contributed by atoms with Gasteiger partial charge in [0.2, 0.25) is 0 Å². The first-order valence-corrected chi connectivity index (χ1v) is 9.46. The predicted octanol–water partition coefficient (Wildman–Crippen LogP) is 1.79. The first-order valence-electron chi connectivity index (χ1n) is 8.58. The first kappa shape index (κ1) is 20.4. The highest BCUT2D eigenvalue weighted by Crippen LogP contribution is 2.11. The topological polar surface area (TPSA) is 66.2 Å². The van der Waals surface area contributed by atoms with Gasteiger partial charge in [-0.2, -0.15) is 0 Å². The lowest BCUT2D eigenvalue weighted by molar-refractivity contribution is 0.0376. The van der Waals surface area contributed by atoms with Crippen LogP contribution >= 0.6 is 35.3 Å². The number of hydrogen-bond donors (Lipinski definition) is 2. The molecule has 1 aliphatic heterocycles. The van der Waals surface area contributed by atoms with E-state index in [4.69, 9.17) is 4.74 Å². The minimum atomic E-state index is 0. The Morgan fingerprint density at radius 2 is 2.20 bits per heavy atom. The van der Waals surface area contributed by atoms with Crippen molar-refractivity contribution in [3.05, 3.63) is 23.5 Å². The number of ether oxygens (including phenoxy) is 1. The number of nitrogens with zero attached hydrogens (tertiary/aromatic N) is 4. The Balaban J connectivity index is 0.00000225. The van der Waals surface area contributed by atoms with Crippen molar-refractivity contribution in [1.29, 1.82) is 0 Å². The van der Waals surface area contributed by atoms with E-state index in [1.807, 2.05) is 22.2 Å². The van der Waals surface area contributed by atoms with Crippen LogP contribution in [0.4, 0.5) is 0 Å². The third kappa shape index (κ3) is 6.39. The summed E-state index contributed by atoms with van der Waals surface area (Å²) in [5, 5.41) is 8.74. The van der Waals surface area contributed by atoms with Gasteiger partial charge >= 0.3 is 0 Å². The number of nitrogens with one attached hydrogen (secondary N) is 2. The number of fused-ring (bicyclic) bond motifs is 1. The summed E-state index contributed by atoms with van der Waals surface area (Å²) in [6.45, 7) is 9.36. The van der Waals surface area contributed by atoms with E-state index in [-0.39, 0.29) is 24.0 Å². The third-order valence-corrected chi connectivity index (χ3v) is 4.70. The van der Waals surface area contributed by atoms with Crippen molar-refractivity contribution in [1.82, 2.24) is 24.9 Å². The molecule has 2 aromatic rings. The zero-order valence-corrected chi connectivity index (χ0v) is 17.8. The van der Waals surface area contributed by atoms with Crippen LogP contribution in [-0.4, -0.2) is 66.2 Å². The molecule has 0 spiro atoms. The number of guanidine groups is 1. The highest BCUT2D eigenvalue weighted by atomic mass is 127. The Hall–Kier alpha value is -0.910. The van der Waals surface area contributed by atoms with E-state index >= 15 is 0 Å². The molecular formula is C16H27IN6OS. The highest BCUT2D eigenvalue weighted by Gasteiger charge is 2.09. The van der Waals surface area contributed by atoms with E-state index in [2.05, 4.69) is 32.4 Å². The highest BCUT2D eigenvalue weighted by molar-refractivity contribution is 14.0. The molecule has 0 saturated carbocycles. The molecule has 0 aliphatic carbocycles. The van der Waals surface area contributed by atoms with Gasteiger partial charge in [-0.25, -0.2) is 9.98 Å². The second-order valence-electron chi connectivity index (χ2n) is 5.75. The molecule has 3 rings (SSSR count). The molecule has 25 heavy (non-hydrogen) atoms. The number of thiazole rings is 1. The second kappa shape index (κ2) is 10.9. The van der Waals surface area contributed by atoms with E-state index in [9.17, 15) is 0 Å². The lowest BCUT2D eigenvalue weighted by Crippen LogP contribution is -2.40. The number of hydrogen-bond acceptors (Lipinski definition) is 5. The standard InChI is InChI=1S/C16H26N6OS.HI/c1-2-17-15(18-4-3-5-21-6-9-23-10-7-21)19-12-14-13-22-8-11-24-16(22)20-14;/h8,11,13H,2-7,9-10,12H2,1H3,(H2,17,18,19);1H. The van der Waals surface area contributed by atoms with Crippen molar-refractivity contribution < 1.29 is 4.74 Å². The summed E-state index contributed by atoms with van der Waals surface area (Å²) in [5.74, 6) is 0.857. The van der Waals surface area contributed by atoms with Crippen molar-refractivity contribution in [2.24, 2.45) is 4.99 Å². The summed E-state index contributed by atoms with van der Waals surface area (Å²) in [5.41, 5.74) is 0.993. The Morgan fingerprint density at radius 1 is 1.36 bits per heavy atom. The number of imidazole rings is 1. The van der Waals surface area contributed by atoms with Crippen molar-refractivity contribution in [2.75, 3.05) is 45.9 Å². The van der Waals surface area contributed by atoms with Crippen LogP contribution in [0.1, 0.15) is 19.0 Å². The van der Waals surface area contributed by atoms with Crippen molar-refractivity contribution in [3.63, 3.8) is 0 Å². The van der Waals surface area contributed by atoms with Crippen LogP contribution in [0, 0.1) is 0 Å². The molecule has 0 amide bonds. The van der Waals surface area contributed by atoms with E-state index < -0.39 is 0 Å². The van der Waals surface area contributed by atoms with Crippen LogP contribution in [0.2, 0.25) is 0 Å². The minimum absolute atomic E-state index is 0. The minimum Gasteiger partial charge on any atom is -0.379 e. The molecule has 1 aliphatic rings. The summed E-state index contributed by atoms with van der Waals surface area (Å²) in [4.78, 5) is 12.7. The maximum atomic E-state index is 5.37. The van der Waals surface area contributed by atoms with Gasteiger partial charge in [0.25, 0.3) is 0 Å². The van der Waals surface area contributed by atoms with Crippen LogP contribution in [0.25, 0.3) is 4.96 Å². The van der Waals surface area contributed by atoms with E-state index in [1.165, 1.54) is 0 Å². The smallest absolute Gasteiger partial charge is 0.193 e. The molecule has 7 nitrogen and oxygen atoms in total. The normalized spacial score (nSPS) is 16.0. The summed E-state index contributed by atoms with van der Waals surface area (Å²) in [6, 6.07) is 0. The Morgan fingerprint density at radius 3 is 2.96 bits per heavy atom. The molecule has 2 aromatic heterocycles. The summed E-state index contributed by atoms with van der Waals surface area (Å²) in [7, 11) is 0. The van der Waals surface area contributed by atoms with Crippen LogP contribution in [-0.2, 0) is 11.3 Å². The lowest BCUT2D eigenvalue weighted by Gasteiger charge is -2.26. The van der Waals surface area contributed by atoms with Gasteiger partial charge in [0.1, 0.15) is 0 Å². The molecule has 9 heteroatoms. The summed E-state index contributed by atoms with van der Waals surface area (Å²) in [6.07, 6.45) is 5.16. The summed E-state index contributed by atoms with van der Waals surface area (Å²) >= 11 is 1.64. The molecule has 3 heterocycles. The monoisotopic (exact) mass is 478 g/mol. The zero-order chi connectivity index (χ0) is 16.6. The second-order valence-corrected chi connectivity index (χ2v) is 6.63. The maximum absolute atomic E-state index is 5.37. The fraction of sp³-hybridized carbons (Fsp3) is 0.625. The van der Waals surface area contributed by atoms with Crippen molar-refractivity contribution >= 4 is 46.2 Å². The van der Waals surface area contributed by atoms with Gasteiger partial charge in [-0.15, -0.1) is 35.3 Å². The number of rotatable bonds is 7. The Bertz CT molecular complexity index is 623. The van der Waals surface area contributed by atoms with Gasteiger partial charge in [0.15, 0.2) is 10.9 Å². The SMILES string of the molecule is CCNC(=NCc1cn2ccsc2n1)NCCCN1CCOCC1.I. The van der Waals surface area contributed by atoms with Gasteiger partial charge in [-0.3, -0.25) is 9.30 Å². The molecule has 140 valence electrons. The fourth-order valence-corrected chi connectivity index (χ4v) is 3.41. The van der Waals surface area contributed by atoms with Gasteiger partial charge < -0.3 is 15.4 Å². The molecule has 1 fully saturated rings. The van der Waals surface area contributed by atoms with E-state index in [0.29, 0.717) is 6.54 Å². The Kier molecular flexibility index (Phi) is 8.93. The molecule has 2 N–H and O–H groups in total. The van der Waals surface area contributed by atoms with Gasteiger partial charge in [-0.05, 0) is 19.9 Å². The maximum Gasteiger partial charge on any atom is 0.193 e. The molecule has 0 atom stereocenters. The van der Waals surface area contributed by atoms with Crippen molar-refractivity contribution in [2.45, 2.75) is 19.9 Å². The van der Waals surface area contributed by atoms with Gasteiger partial charge in [0, 0.05) is 44.0 Å². The number of aromatic nitrogens is 2. The fourth-order valence-electron chi connectivity index (χ4n) is 2.69. The first-order chi connectivity index (χ1) is 11.8. The van der Waals surface area contributed by atoms with Crippen LogP contribution in [0.3, 0.4) is 0 Å². The molecule has 0 radical (unpaired) electrons. The predicted molar refractivity (Wildman–Crippen MR) is 113 cm³/mol. The van der Waals surface area contributed by atoms with Crippen LogP contribution < -0.4 is 10.6 Å². The molecular weight excluding hydrogens is 451 g/mol. The average Bonchev–Trinajstić information content (AvgIpc) is 3.19. The van der Waals surface area contributed by atoms with E-state index in [1.54, 1.807) is 11.3 Å². The third-order valence-electron chi connectivity index (χ3n) is 3.93. The zero-order valence-electron chi connectivity index (χ0n) is 14.6. The molecule has 0 unspecified atom stereocenters. The largest absolute Gasteiger partial charge is 0.379 e. The number of morpholine rings is 1. The average molecular weight is 478 g/mol. The number of aliphatic imine (C=N–C) groups is 1. The lowest BCUT2D eigenvalue weighted by atomic mass is 10.3. The quantitative estimate of drug-likeness (QED) is 0.275. The number of halogens is 1. The van der Waals surface area contributed by atoms with Crippen LogP contribution in [0.5, 0.6) is 0 Å².